The van der Waals surface area contributed by atoms with E-state index in [-0.39, 0.29) is 6.61 Å². The Labute approximate surface area is 131 Å². The van der Waals surface area contributed by atoms with Crippen LogP contribution < -0.4 is 0 Å². The van der Waals surface area contributed by atoms with Gasteiger partial charge in [0.2, 0.25) is 0 Å². The summed E-state index contributed by atoms with van der Waals surface area (Å²) in [5.41, 5.74) is 2.60. The van der Waals surface area contributed by atoms with Gasteiger partial charge in [-0.15, -0.1) is 0 Å². The Morgan fingerprint density at radius 2 is 1.71 bits per heavy atom. The van der Waals surface area contributed by atoms with Crippen LogP contribution in [-0.4, -0.2) is 29.7 Å². The summed E-state index contributed by atoms with van der Waals surface area (Å²) >= 11 is 5.96. The van der Waals surface area contributed by atoms with Crippen LogP contribution in [-0.2, 0) is 6.54 Å². The highest BCUT2D eigenvalue weighted by Gasteiger charge is 2.33. The average Bonchev–Trinajstić information content (AvgIpc) is 2.92. The number of nitrogens with zero attached hydrogens (tertiary/aromatic N) is 1. The first-order valence-electron chi connectivity index (χ1n) is 7.39. The second-order valence-electron chi connectivity index (χ2n) is 5.78. The van der Waals surface area contributed by atoms with Gasteiger partial charge in [0.25, 0.3) is 0 Å². The molecule has 0 aromatic heterocycles. The lowest BCUT2D eigenvalue weighted by Gasteiger charge is -2.17. The van der Waals surface area contributed by atoms with Gasteiger partial charge in [0.05, 0.1) is 0 Å². The second-order valence-corrected chi connectivity index (χ2v) is 6.22. The van der Waals surface area contributed by atoms with E-state index < -0.39 is 0 Å². The van der Waals surface area contributed by atoms with Gasteiger partial charge in [0, 0.05) is 43.1 Å². The predicted octanol–water partition coefficient (Wildman–Crippen LogP) is 3.55. The van der Waals surface area contributed by atoms with Gasteiger partial charge in [-0.3, -0.25) is 4.90 Å². The van der Waals surface area contributed by atoms with E-state index in [2.05, 4.69) is 41.3 Å². The maximum atomic E-state index is 9.68. The number of halogens is 1. The highest BCUT2D eigenvalue weighted by Crippen LogP contribution is 2.33. The van der Waals surface area contributed by atoms with E-state index in [0.717, 1.165) is 24.7 Å². The Bertz CT molecular complexity index is 570. The Kier molecular flexibility index (Phi) is 4.59. The fourth-order valence-corrected chi connectivity index (χ4v) is 3.33. The summed E-state index contributed by atoms with van der Waals surface area (Å²) in [6.07, 6.45) is 0. The molecule has 0 amide bonds. The highest BCUT2D eigenvalue weighted by molar-refractivity contribution is 6.30. The van der Waals surface area contributed by atoms with Crippen molar-refractivity contribution in [2.24, 2.45) is 5.92 Å². The third-order valence-corrected chi connectivity index (χ3v) is 4.55. The van der Waals surface area contributed by atoms with Crippen molar-refractivity contribution in [1.29, 1.82) is 0 Å². The van der Waals surface area contributed by atoms with Crippen LogP contribution in [0.15, 0.2) is 54.6 Å². The average molecular weight is 302 g/mol. The molecule has 2 atom stereocenters. The largest absolute Gasteiger partial charge is 0.396 e. The van der Waals surface area contributed by atoms with Gasteiger partial charge in [-0.05, 0) is 23.3 Å². The van der Waals surface area contributed by atoms with E-state index in [4.69, 9.17) is 11.6 Å². The maximum Gasteiger partial charge on any atom is 0.0477 e. The number of aliphatic hydroxyl groups is 1. The summed E-state index contributed by atoms with van der Waals surface area (Å²) in [5, 5.41) is 10.4. The fraction of sp³-hybridized carbons (Fsp3) is 0.333. The van der Waals surface area contributed by atoms with E-state index in [9.17, 15) is 5.11 Å². The number of benzene rings is 2. The van der Waals surface area contributed by atoms with Gasteiger partial charge < -0.3 is 5.11 Å². The molecular formula is C18H20ClNO. The molecule has 1 aliphatic rings. The molecular weight excluding hydrogens is 282 g/mol. The molecule has 0 aliphatic carbocycles. The number of aliphatic hydroxyl groups excluding tert-OH is 1. The normalized spacial score (nSPS) is 22.6. The molecule has 1 heterocycles. The molecule has 3 heteroatoms. The van der Waals surface area contributed by atoms with Crippen LogP contribution in [0.4, 0.5) is 0 Å². The zero-order chi connectivity index (χ0) is 14.7. The number of hydrogen-bond donors (Lipinski definition) is 1. The van der Waals surface area contributed by atoms with Gasteiger partial charge in [0.1, 0.15) is 0 Å². The smallest absolute Gasteiger partial charge is 0.0477 e. The summed E-state index contributed by atoms with van der Waals surface area (Å²) in [7, 11) is 0. The minimum Gasteiger partial charge on any atom is -0.396 e. The fourth-order valence-electron chi connectivity index (χ4n) is 3.20. The van der Waals surface area contributed by atoms with Gasteiger partial charge >= 0.3 is 0 Å². The zero-order valence-electron chi connectivity index (χ0n) is 12.0. The maximum absolute atomic E-state index is 9.68. The summed E-state index contributed by atoms with van der Waals surface area (Å²) in [4.78, 5) is 2.43. The Morgan fingerprint density at radius 3 is 2.38 bits per heavy atom. The van der Waals surface area contributed by atoms with Crippen LogP contribution in [0.25, 0.3) is 0 Å². The Balaban J connectivity index is 1.72. The molecule has 0 radical (unpaired) electrons. The first-order valence-corrected chi connectivity index (χ1v) is 7.76. The van der Waals surface area contributed by atoms with Gasteiger partial charge in [-0.1, -0.05) is 54.1 Å². The highest BCUT2D eigenvalue weighted by atomic mass is 35.5. The Morgan fingerprint density at radius 1 is 1.00 bits per heavy atom. The van der Waals surface area contributed by atoms with Crippen LogP contribution in [0.1, 0.15) is 17.0 Å². The van der Waals surface area contributed by atoms with Crippen molar-refractivity contribution in [3.63, 3.8) is 0 Å². The molecule has 3 rings (SSSR count). The van der Waals surface area contributed by atoms with Crippen molar-refractivity contribution in [2.45, 2.75) is 12.5 Å². The molecule has 2 aromatic carbocycles. The lowest BCUT2D eigenvalue weighted by atomic mass is 9.90. The van der Waals surface area contributed by atoms with Crippen molar-refractivity contribution in [1.82, 2.24) is 4.90 Å². The molecule has 0 spiro atoms. The molecule has 0 unspecified atom stereocenters. The molecule has 2 nitrogen and oxygen atoms in total. The molecule has 0 bridgehead atoms. The molecule has 1 aliphatic heterocycles. The summed E-state index contributed by atoms with van der Waals surface area (Å²) in [5.74, 6) is 0.686. The van der Waals surface area contributed by atoms with Crippen LogP contribution in [0.3, 0.4) is 0 Å². The van der Waals surface area contributed by atoms with E-state index in [0.29, 0.717) is 11.8 Å². The molecule has 1 fully saturated rings. The summed E-state index contributed by atoms with van der Waals surface area (Å²) in [6, 6.07) is 18.5. The van der Waals surface area contributed by atoms with E-state index in [1.165, 1.54) is 11.1 Å². The molecule has 2 aromatic rings. The number of hydrogen-bond acceptors (Lipinski definition) is 2. The third-order valence-electron chi connectivity index (χ3n) is 4.30. The first-order chi connectivity index (χ1) is 10.3. The Hall–Kier alpha value is -1.35. The lowest BCUT2D eigenvalue weighted by Crippen LogP contribution is -2.20. The van der Waals surface area contributed by atoms with E-state index in [1.54, 1.807) is 0 Å². The summed E-state index contributed by atoms with van der Waals surface area (Å²) in [6.45, 7) is 3.11. The number of rotatable bonds is 4. The summed E-state index contributed by atoms with van der Waals surface area (Å²) < 4.78 is 0. The third kappa shape index (κ3) is 3.46. The minimum absolute atomic E-state index is 0.235. The zero-order valence-corrected chi connectivity index (χ0v) is 12.7. The predicted molar refractivity (Wildman–Crippen MR) is 86.5 cm³/mol. The van der Waals surface area contributed by atoms with Crippen molar-refractivity contribution in [3.05, 3.63) is 70.7 Å². The van der Waals surface area contributed by atoms with Crippen LogP contribution in [0, 0.1) is 5.92 Å². The molecule has 21 heavy (non-hydrogen) atoms. The van der Waals surface area contributed by atoms with E-state index in [1.807, 2.05) is 18.2 Å². The quantitative estimate of drug-likeness (QED) is 0.933. The molecule has 1 N–H and O–H groups in total. The van der Waals surface area contributed by atoms with Crippen molar-refractivity contribution < 1.29 is 5.11 Å². The minimum atomic E-state index is 0.235. The topological polar surface area (TPSA) is 23.5 Å². The second kappa shape index (κ2) is 6.61. The lowest BCUT2D eigenvalue weighted by molar-refractivity contribution is 0.214. The molecule has 110 valence electrons. The van der Waals surface area contributed by atoms with Crippen LogP contribution in [0.2, 0.25) is 5.02 Å². The molecule has 0 saturated carbocycles. The molecule has 1 saturated heterocycles. The van der Waals surface area contributed by atoms with Crippen molar-refractivity contribution in [2.75, 3.05) is 19.7 Å². The number of likely N-dealkylation sites (tertiary alicyclic amines) is 1. The van der Waals surface area contributed by atoms with Crippen LogP contribution in [0.5, 0.6) is 0 Å². The van der Waals surface area contributed by atoms with Gasteiger partial charge in [0.15, 0.2) is 0 Å². The first kappa shape index (κ1) is 14.6. The van der Waals surface area contributed by atoms with Crippen molar-refractivity contribution >= 4 is 11.6 Å². The van der Waals surface area contributed by atoms with Crippen molar-refractivity contribution in [3.8, 4) is 0 Å². The van der Waals surface area contributed by atoms with Gasteiger partial charge in [-0.2, -0.15) is 0 Å². The van der Waals surface area contributed by atoms with E-state index >= 15 is 0 Å². The monoisotopic (exact) mass is 301 g/mol. The van der Waals surface area contributed by atoms with Gasteiger partial charge in [-0.25, -0.2) is 0 Å². The SMILES string of the molecule is OC[C@@H]1CN(Cc2ccccc2)C[C@@H]1c1ccc(Cl)cc1. The standard InChI is InChI=1S/C18H20ClNO/c19-17-8-6-15(7-9-17)18-12-20(11-16(18)13-21)10-14-4-2-1-3-5-14/h1-9,16,18,21H,10-13H2/t16-,18+/m0/s1. The van der Waals surface area contributed by atoms with Crippen LogP contribution >= 0.6 is 11.6 Å².